The van der Waals surface area contributed by atoms with Gasteiger partial charge in [0, 0.05) is 43.3 Å². The monoisotopic (exact) mass is 270 g/mol. The Labute approximate surface area is 117 Å². The minimum Gasteiger partial charge on any atom is -0.356 e. The molecule has 0 aliphatic carbocycles. The molecule has 0 atom stereocenters. The summed E-state index contributed by atoms with van der Waals surface area (Å²) < 4.78 is 13.7. The second kappa shape index (κ2) is 5.41. The van der Waals surface area contributed by atoms with Gasteiger partial charge in [-0.2, -0.15) is 0 Å². The summed E-state index contributed by atoms with van der Waals surface area (Å²) in [6, 6.07) is 10.4. The molecule has 3 nitrogen and oxygen atoms in total. The summed E-state index contributed by atoms with van der Waals surface area (Å²) in [4.78, 5) is 17.7. The highest BCUT2D eigenvalue weighted by Gasteiger charge is 2.17. The van der Waals surface area contributed by atoms with Crippen LogP contribution in [-0.2, 0) is 4.79 Å². The predicted octanol–water partition coefficient (Wildman–Crippen LogP) is 3.06. The lowest BCUT2D eigenvalue weighted by Gasteiger charge is -2.27. The molecule has 1 saturated heterocycles. The van der Waals surface area contributed by atoms with Gasteiger partial charge in [-0.15, -0.1) is 0 Å². The molecule has 0 radical (unpaired) electrons. The molecule has 0 spiro atoms. The van der Waals surface area contributed by atoms with Crippen molar-refractivity contribution >= 4 is 11.6 Å². The number of hydrogen-bond acceptors (Lipinski definition) is 3. The number of carbonyl (C=O) groups excluding carboxylic acids is 1. The van der Waals surface area contributed by atoms with Crippen LogP contribution in [0.4, 0.5) is 10.2 Å². The van der Waals surface area contributed by atoms with Crippen molar-refractivity contribution in [2.45, 2.75) is 12.8 Å². The molecular formula is C16H15FN2O. The molecule has 1 fully saturated rings. The Balaban J connectivity index is 1.81. The molecule has 4 heteroatoms. The number of rotatable bonds is 2. The second-order valence-corrected chi connectivity index (χ2v) is 4.91. The molecule has 1 aliphatic rings. The van der Waals surface area contributed by atoms with E-state index >= 15 is 0 Å². The van der Waals surface area contributed by atoms with Crippen molar-refractivity contribution in [2.24, 2.45) is 0 Å². The lowest BCUT2D eigenvalue weighted by Crippen LogP contribution is -2.34. The lowest BCUT2D eigenvalue weighted by molar-refractivity contribution is -0.119. The fourth-order valence-electron chi connectivity index (χ4n) is 2.41. The van der Waals surface area contributed by atoms with Crippen molar-refractivity contribution in [3.05, 3.63) is 48.4 Å². The number of pyridine rings is 1. The number of hydrogen-bond donors (Lipinski definition) is 0. The van der Waals surface area contributed by atoms with Gasteiger partial charge in [-0.05, 0) is 18.2 Å². The second-order valence-electron chi connectivity index (χ2n) is 4.91. The standard InChI is InChI=1S/C16H15FN2O/c17-15-4-2-1-3-14(15)12-5-6-16(18-11-12)19-9-7-13(20)8-10-19/h1-6,11H,7-10H2. The van der Waals surface area contributed by atoms with Crippen molar-refractivity contribution < 1.29 is 9.18 Å². The molecule has 1 aromatic carbocycles. The fourth-order valence-corrected chi connectivity index (χ4v) is 2.41. The molecule has 102 valence electrons. The first kappa shape index (κ1) is 12.8. The van der Waals surface area contributed by atoms with Crippen LogP contribution < -0.4 is 4.90 Å². The van der Waals surface area contributed by atoms with Crippen molar-refractivity contribution in [3.63, 3.8) is 0 Å². The van der Waals surface area contributed by atoms with E-state index in [1.165, 1.54) is 6.07 Å². The Morgan fingerprint density at radius 2 is 1.80 bits per heavy atom. The Morgan fingerprint density at radius 3 is 2.45 bits per heavy atom. The molecule has 1 aliphatic heterocycles. The van der Waals surface area contributed by atoms with Crippen molar-refractivity contribution in [1.29, 1.82) is 0 Å². The SMILES string of the molecule is O=C1CCN(c2ccc(-c3ccccc3F)cn2)CC1. The van der Waals surface area contributed by atoms with Crippen LogP contribution in [0.25, 0.3) is 11.1 Å². The van der Waals surface area contributed by atoms with Crippen LogP contribution in [0.1, 0.15) is 12.8 Å². The van der Waals surface area contributed by atoms with Gasteiger partial charge < -0.3 is 4.90 Å². The van der Waals surface area contributed by atoms with Crippen LogP contribution in [0.3, 0.4) is 0 Å². The van der Waals surface area contributed by atoms with E-state index in [2.05, 4.69) is 9.88 Å². The summed E-state index contributed by atoms with van der Waals surface area (Å²) in [6.45, 7) is 1.43. The summed E-state index contributed by atoms with van der Waals surface area (Å²) in [5.41, 5.74) is 1.32. The molecule has 0 bridgehead atoms. The summed E-state index contributed by atoms with van der Waals surface area (Å²) in [5.74, 6) is 0.910. The third-order valence-corrected chi connectivity index (χ3v) is 3.58. The summed E-state index contributed by atoms with van der Waals surface area (Å²) in [5, 5.41) is 0. The summed E-state index contributed by atoms with van der Waals surface area (Å²) >= 11 is 0. The van der Waals surface area contributed by atoms with E-state index in [1.54, 1.807) is 18.3 Å². The van der Waals surface area contributed by atoms with Gasteiger partial charge >= 0.3 is 0 Å². The van der Waals surface area contributed by atoms with Gasteiger partial charge in [0.25, 0.3) is 0 Å². The number of Topliss-reactive ketones (excluding diaryl/α,β-unsaturated/α-hetero) is 1. The average Bonchev–Trinajstić information content (AvgIpc) is 2.49. The number of ketones is 1. The van der Waals surface area contributed by atoms with E-state index in [0.29, 0.717) is 37.3 Å². The molecule has 3 rings (SSSR count). The molecule has 20 heavy (non-hydrogen) atoms. The molecular weight excluding hydrogens is 255 g/mol. The van der Waals surface area contributed by atoms with Gasteiger partial charge in [-0.1, -0.05) is 18.2 Å². The van der Waals surface area contributed by atoms with Crippen LogP contribution in [-0.4, -0.2) is 23.9 Å². The summed E-state index contributed by atoms with van der Waals surface area (Å²) in [6.07, 6.45) is 2.84. The van der Waals surface area contributed by atoms with E-state index in [0.717, 1.165) is 11.4 Å². The van der Waals surface area contributed by atoms with Gasteiger partial charge in [-0.3, -0.25) is 4.79 Å². The van der Waals surface area contributed by atoms with Crippen LogP contribution in [0.15, 0.2) is 42.6 Å². The van der Waals surface area contributed by atoms with E-state index in [4.69, 9.17) is 0 Å². The zero-order valence-electron chi connectivity index (χ0n) is 11.1. The fraction of sp³-hybridized carbons (Fsp3) is 0.250. The van der Waals surface area contributed by atoms with Gasteiger partial charge in [0.2, 0.25) is 0 Å². The average molecular weight is 270 g/mol. The highest BCUT2D eigenvalue weighted by molar-refractivity contribution is 5.80. The van der Waals surface area contributed by atoms with Crippen LogP contribution in [0.5, 0.6) is 0 Å². The maximum atomic E-state index is 13.7. The van der Waals surface area contributed by atoms with Gasteiger partial charge in [-0.25, -0.2) is 9.37 Å². The molecule has 0 unspecified atom stereocenters. The third kappa shape index (κ3) is 2.54. The topological polar surface area (TPSA) is 33.2 Å². The maximum absolute atomic E-state index is 13.7. The zero-order valence-corrected chi connectivity index (χ0v) is 11.1. The predicted molar refractivity (Wildman–Crippen MR) is 76.1 cm³/mol. The largest absolute Gasteiger partial charge is 0.356 e. The minimum absolute atomic E-state index is 0.245. The number of aromatic nitrogens is 1. The lowest BCUT2D eigenvalue weighted by atomic mass is 10.1. The van der Waals surface area contributed by atoms with E-state index < -0.39 is 0 Å². The highest BCUT2D eigenvalue weighted by Crippen LogP contribution is 2.24. The number of nitrogens with zero attached hydrogens (tertiary/aromatic N) is 2. The minimum atomic E-state index is -0.245. The smallest absolute Gasteiger partial charge is 0.136 e. The van der Waals surface area contributed by atoms with Crippen LogP contribution >= 0.6 is 0 Å². The molecule has 0 N–H and O–H groups in total. The van der Waals surface area contributed by atoms with Crippen LogP contribution in [0.2, 0.25) is 0 Å². The first-order chi connectivity index (χ1) is 9.74. The molecule has 2 aromatic rings. The Hall–Kier alpha value is -2.23. The van der Waals surface area contributed by atoms with Gasteiger partial charge in [0.1, 0.15) is 17.4 Å². The number of benzene rings is 1. The summed E-state index contributed by atoms with van der Waals surface area (Å²) in [7, 11) is 0. The number of halogens is 1. The Bertz CT molecular complexity index is 615. The van der Waals surface area contributed by atoms with Crippen molar-refractivity contribution in [2.75, 3.05) is 18.0 Å². The maximum Gasteiger partial charge on any atom is 0.136 e. The van der Waals surface area contributed by atoms with E-state index in [9.17, 15) is 9.18 Å². The number of anilines is 1. The molecule has 2 heterocycles. The van der Waals surface area contributed by atoms with E-state index in [1.807, 2.05) is 18.2 Å². The van der Waals surface area contributed by atoms with E-state index in [-0.39, 0.29) is 5.82 Å². The first-order valence-corrected chi connectivity index (χ1v) is 6.71. The van der Waals surface area contributed by atoms with Gasteiger partial charge in [0.15, 0.2) is 0 Å². The quantitative estimate of drug-likeness (QED) is 0.841. The molecule has 0 saturated carbocycles. The molecule has 0 amide bonds. The van der Waals surface area contributed by atoms with Crippen molar-refractivity contribution in [3.8, 4) is 11.1 Å². The first-order valence-electron chi connectivity index (χ1n) is 6.71. The number of carbonyl (C=O) groups is 1. The number of piperidine rings is 1. The van der Waals surface area contributed by atoms with Crippen LogP contribution in [0, 0.1) is 5.82 Å². The van der Waals surface area contributed by atoms with Crippen molar-refractivity contribution in [1.82, 2.24) is 4.98 Å². The normalized spacial score (nSPS) is 15.4. The molecule has 1 aromatic heterocycles. The Kier molecular flexibility index (Phi) is 3.46. The third-order valence-electron chi connectivity index (χ3n) is 3.58. The van der Waals surface area contributed by atoms with Gasteiger partial charge in [0.05, 0.1) is 0 Å². The Morgan fingerprint density at radius 1 is 1.05 bits per heavy atom. The highest BCUT2D eigenvalue weighted by atomic mass is 19.1. The zero-order chi connectivity index (χ0) is 13.9.